The van der Waals surface area contributed by atoms with Crippen LogP contribution in [0.15, 0.2) is 60.2 Å². The average molecular weight is 556 g/mol. The van der Waals surface area contributed by atoms with Gasteiger partial charge in [0.25, 0.3) is 5.78 Å². The van der Waals surface area contributed by atoms with Crippen LogP contribution in [0.4, 0.5) is 5.95 Å². The first kappa shape index (κ1) is 27.8. The third-order valence-corrected chi connectivity index (χ3v) is 7.29. The molecule has 9 nitrogen and oxygen atoms in total. The van der Waals surface area contributed by atoms with E-state index in [2.05, 4.69) is 9.97 Å². The number of aliphatic hydroxyl groups is 1. The minimum Gasteiger partial charge on any atom is -0.507 e. The number of anilines is 1. The summed E-state index contributed by atoms with van der Waals surface area (Å²) in [7, 11) is 4.64. The fraction of sp³-hybridized carbons (Fsp3) is 0.281. The number of aromatic amines is 1. The van der Waals surface area contributed by atoms with E-state index in [0.29, 0.717) is 39.4 Å². The maximum atomic E-state index is 13.7. The number of imidazole rings is 1. The molecular formula is C32H33N3O6. The van der Waals surface area contributed by atoms with Gasteiger partial charge in [0.2, 0.25) is 5.95 Å². The van der Waals surface area contributed by atoms with E-state index in [-0.39, 0.29) is 22.7 Å². The van der Waals surface area contributed by atoms with Gasteiger partial charge in [-0.1, -0.05) is 50.6 Å². The van der Waals surface area contributed by atoms with Gasteiger partial charge in [-0.15, -0.1) is 0 Å². The molecule has 4 aromatic rings. The van der Waals surface area contributed by atoms with Gasteiger partial charge in [-0.25, -0.2) is 4.98 Å². The number of nitrogens with one attached hydrogen (secondary N) is 1. The van der Waals surface area contributed by atoms with Gasteiger partial charge in [0.1, 0.15) is 11.5 Å². The molecular weight excluding hydrogens is 522 g/mol. The standard InChI is InChI=1S/C32H33N3O6/c1-17-9-8-10-18(13-17)27-26(28(36)19-11-12-23(39-5)20(14-19)32(2,3)4)29(37)30(38)35(27)31-33-21-15-24(40-6)25(41-7)16-22(21)34-31/h8-16,27,36H,1-7H3,(H,33,34)/b28-26+. The topological polar surface area (TPSA) is 114 Å². The van der Waals surface area contributed by atoms with Crippen molar-refractivity contribution in [3.8, 4) is 17.2 Å². The highest BCUT2D eigenvalue weighted by atomic mass is 16.5. The quantitative estimate of drug-likeness (QED) is 0.175. The fourth-order valence-electron chi connectivity index (χ4n) is 5.24. The molecule has 0 bridgehead atoms. The first-order chi connectivity index (χ1) is 19.5. The number of nitrogens with zero attached hydrogens (tertiary/aromatic N) is 2. The van der Waals surface area contributed by atoms with Crippen LogP contribution >= 0.6 is 0 Å². The Balaban J connectivity index is 1.73. The van der Waals surface area contributed by atoms with Crippen LogP contribution in [-0.2, 0) is 15.0 Å². The van der Waals surface area contributed by atoms with Gasteiger partial charge in [0.15, 0.2) is 11.5 Å². The van der Waals surface area contributed by atoms with Crippen LogP contribution in [0.2, 0.25) is 0 Å². The number of aliphatic hydroxyl groups excluding tert-OH is 1. The maximum Gasteiger partial charge on any atom is 0.302 e. The van der Waals surface area contributed by atoms with Crippen molar-refractivity contribution in [2.75, 3.05) is 26.2 Å². The van der Waals surface area contributed by atoms with Crippen molar-refractivity contribution < 1.29 is 28.9 Å². The second-order valence-electron chi connectivity index (χ2n) is 11.0. The Labute approximate surface area is 238 Å². The third-order valence-electron chi connectivity index (χ3n) is 7.29. The van der Waals surface area contributed by atoms with Crippen LogP contribution in [-0.4, -0.2) is 48.1 Å². The number of hydrogen-bond donors (Lipinski definition) is 2. The fourth-order valence-corrected chi connectivity index (χ4v) is 5.24. The Morgan fingerprint density at radius 3 is 2.24 bits per heavy atom. The molecule has 0 radical (unpaired) electrons. The molecule has 1 aliphatic heterocycles. The number of rotatable bonds is 6. The Morgan fingerprint density at radius 2 is 1.61 bits per heavy atom. The number of H-pyrrole nitrogens is 1. The van der Waals surface area contributed by atoms with E-state index in [0.717, 1.165) is 11.1 Å². The summed E-state index contributed by atoms with van der Waals surface area (Å²) in [4.78, 5) is 36.4. The summed E-state index contributed by atoms with van der Waals surface area (Å²) < 4.78 is 16.4. The minimum absolute atomic E-state index is 0.0266. The summed E-state index contributed by atoms with van der Waals surface area (Å²) in [6.45, 7) is 8.03. The number of aromatic nitrogens is 2. The molecule has 1 saturated heterocycles. The van der Waals surface area contributed by atoms with Gasteiger partial charge in [-0.05, 0) is 36.1 Å². The first-order valence-corrected chi connectivity index (χ1v) is 13.2. The number of fused-ring (bicyclic) bond motifs is 1. The summed E-state index contributed by atoms with van der Waals surface area (Å²) in [5, 5.41) is 11.7. The van der Waals surface area contributed by atoms with Gasteiger partial charge in [-0.3, -0.25) is 14.5 Å². The largest absolute Gasteiger partial charge is 0.507 e. The molecule has 0 spiro atoms. The van der Waals surface area contributed by atoms with E-state index < -0.39 is 17.7 Å². The number of ether oxygens (including phenoxy) is 3. The predicted octanol–water partition coefficient (Wildman–Crippen LogP) is 5.82. The molecule has 1 atom stereocenters. The van der Waals surface area contributed by atoms with E-state index in [1.165, 1.54) is 19.1 Å². The Morgan fingerprint density at radius 1 is 0.927 bits per heavy atom. The maximum absolute atomic E-state index is 13.7. The van der Waals surface area contributed by atoms with Crippen LogP contribution < -0.4 is 19.1 Å². The highest BCUT2D eigenvalue weighted by Gasteiger charge is 2.48. The van der Waals surface area contributed by atoms with Crippen LogP contribution in [0.25, 0.3) is 16.8 Å². The molecule has 5 rings (SSSR count). The van der Waals surface area contributed by atoms with Gasteiger partial charge in [0, 0.05) is 23.3 Å². The zero-order valence-electron chi connectivity index (χ0n) is 24.2. The summed E-state index contributed by atoms with van der Waals surface area (Å²) >= 11 is 0. The molecule has 0 saturated carbocycles. The SMILES string of the molecule is COc1cc2nc(N3C(=O)C(=O)/C(=C(/O)c4ccc(OC)c(C(C)(C)C)c4)C3c3cccc(C)c3)[nH]c2cc1OC. The number of amides is 1. The number of Topliss-reactive ketones (excluding diaryl/α,β-unsaturated/α-hetero) is 1. The van der Waals surface area contributed by atoms with E-state index in [1.54, 1.807) is 37.4 Å². The predicted molar refractivity (Wildman–Crippen MR) is 157 cm³/mol. The number of hydrogen-bond acceptors (Lipinski definition) is 7. The lowest BCUT2D eigenvalue weighted by Crippen LogP contribution is -2.30. The minimum atomic E-state index is -0.931. The number of carbonyl (C=O) groups excluding carboxylic acids is 2. The Bertz CT molecular complexity index is 1670. The number of ketones is 1. The molecule has 9 heteroatoms. The van der Waals surface area contributed by atoms with E-state index >= 15 is 0 Å². The van der Waals surface area contributed by atoms with Crippen molar-refractivity contribution >= 4 is 34.4 Å². The monoisotopic (exact) mass is 555 g/mol. The molecule has 2 heterocycles. The van der Waals surface area contributed by atoms with Gasteiger partial charge < -0.3 is 24.3 Å². The summed E-state index contributed by atoms with van der Waals surface area (Å²) in [6.07, 6.45) is 0. The molecule has 2 N–H and O–H groups in total. The second-order valence-corrected chi connectivity index (χ2v) is 11.0. The number of carbonyl (C=O) groups is 2. The summed E-state index contributed by atoms with van der Waals surface area (Å²) in [5.74, 6) is -0.0969. The van der Waals surface area contributed by atoms with Gasteiger partial charge in [-0.2, -0.15) is 0 Å². The number of benzene rings is 3. The Hall–Kier alpha value is -4.79. The molecule has 41 heavy (non-hydrogen) atoms. The molecule has 1 aromatic heterocycles. The molecule has 0 aliphatic carbocycles. The van der Waals surface area contributed by atoms with Crippen LogP contribution in [0.5, 0.6) is 17.2 Å². The van der Waals surface area contributed by atoms with Gasteiger partial charge in [0.05, 0.1) is 44.0 Å². The van der Waals surface area contributed by atoms with Crippen LogP contribution in [0.1, 0.15) is 49.1 Å². The zero-order chi connectivity index (χ0) is 29.6. The van der Waals surface area contributed by atoms with E-state index in [9.17, 15) is 14.7 Å². The molecule has 1 aliphatic rings. The van der Waals surface area contributed by atoms with Crippen molar-refractivity contribution in [2.24, 2.45) is 0 Å². The molecule has 1 fully saturated rings. The normalized spacial score (nSPS) is 16.9. The lowest BCUT2D eigenvalue weighted by molar-refractivity contribution is -0.132. The van der Waals surface area contributed by atoms with Crippen molar-refractivity contribution in [3.05, 3.63) is 82.4 Å². The lowest BCUT2D eigenvalue weighted by atomic mass is 9.84. The van der Waals surface area contributed by atoms with Crippen molar-refractivity contribution in [3.63, 3.8) is 0 Å². The molecule has 1 unspecified atom stereocenters. The Kier molecular flexibility index (Phi) is 6.98. The van der Waals surface area contributed by atoms with Crippen molar-refractivity contribution in [1.29, 1.82) is 0 Å². The first-order valence-electron chi connectivity index (χ1n) is 13.2. The zero-order valence-corrected chi connectivity index (χ0v) is 24.2. The molecule has 212 valence electrons. The highest BCUT2D eigenvalue weighted by Crippen LogP contribution is 2.43. The van der Waals surface area contributed by atoms with Crippen LogP contribution in [0, 0.1) is 6.92 Å². The number of methoxy groups -OCH3 is 3. The second kappa shape index (κ2) is 10.3. The van der Waals surface area contributed by atoms with E-state index in [1.807, 2.05) is 52.0 Å². The van der Waals surface area contributed by atoms with E-state index in [4.69, 9.17) is 14.2 Å². The van der Waals surface area contributed by atoms with Crippen molar-refractivity contribution in [2.45, 2.75) is 39.2 Å². The molecule has 3 aromatic carbocycles. The van der Waals surface area contributed by atoms with Crippen LogP contribution in [0.3, 0.4) is 0 Å². The summed E-state index contributed by atoms with van der Waals surface area (Å²) in [6, 6.07) is 15.2. The third kappa shape index (κ3) is 4.77. The smallest absolute Gasteiger partial charge is 0.302 e. The lowest BCUT2D eigenvalue weighted by Gasteiger charge is -2.24. The van der Waals surface area contributed by atoms with Crippen molar-refractivity contribution in [1.82, 2.24) is 9.97 Å². The summed E-state index contributed by atoms with van der Waals surface area (Å²) in [5.41, 5.74) is 3.63. The number of aryl methyl sites for hydroxylation is 1. The highest BCUT2D eigenvalue weighted by molar-refractivity contribution is 6.51. The average Bonchev–Trinajstić information content (AvgIpc) is 3.48. The molecule has 1 amide bonds. The van der Waals surface area contributed by atoms with Gasteiger partial charge >= 0.3 is 5.91 Å².